The number of hydrogen-bond donors (Lipinski definition) is 0. The fourth-order valence-corrected chi connectivity index (χ4v) is 3.78. The number of ether oxygens (including phenoxy) is 3. The van der Waals surface area contributed by atoms with Crippen molar-refractivity contribution in [3.63, 3.8) is 0 Å². The van der Waals surface area contributed by atoms with Gasteiger partial charge in [-0.15, -0.1) is 0 Å². The van der Waals surface area contributed by atoms with Gasteiger partial charge in [0.15, 0.2) is 11.5 Å². The van der Waals surface area contributed by atoms with E-state index in [2.05, 4.69) is 6.58 Å². The van der Waals surface area contributed by atoms with Crippen molar-refractivity contribution in [3.05, 3.63) is 52.2 Å². The second kappa shape index (κ2) is 5.79. The first-order valence-electron chi connectivity index (χ1n) is 8.90. The maximum atomic E-state index is 13.3. The van der Waals surface area contributed by atoms with Crippen LogP contribution in [0.3, 0.4) is 0 Å². The maximum Gasteiger partial charge on any atom is 0.302 e. The average Bonchev–Trinajstić information content (AvgIpc) is 3.28. The summed E-state index contributed by atoms with van der Waals surface area (Å²) in [4.78, 5) is 13.3. The molecule has 1 atom stereocenters. The SMILES string of the molecule is C=C(C)C1Cc2c(ccc3c(=O)c4c(oc5cc(OC)c(OC)cc54)oc23)O1. The molecule has 28 heavy (non-hydrogen) atoms. The first-order valence-corrected chi connectivity index (χ1v) is 8.90. The molecule has 0 spiro atoms. The number of methoxy groups -OCH3 is 2. The van der Waals surface area contributed by atoms with Crippen LogP contribution in [-0.4, -0.2) is 20.3 Å². The predicted molar refractivity (Wildman–Crippen MR) is 106 cm³/mol. The molecule has 5 rings (SSSR count). The van der Waals surface area contributed by atoms with Gasteiger partial charge < -0.3 is 23.0 Å². The molecule has 2 aromatic heterocycles. The van der Waals surface area contributed by atoms with E-state index in [1.54, 1.807) is 32.4 Å². The molecule has 0 amide bonds. The van der Waals surface area contributed by atoms with Gasteiger partial charge in [-0.2, -0.15) is 0 Å². The van der Waals surface area contributed by atoms with Crippen LogP contribution in [0.25, 0.3) is 33.1 Å². The smallest absolute Gasteiger partial charge is 0.302 e. The average molecular weight is 378 g/mol. The van der Waals surface area contributed by atoms with Crippen LogP contribution in [-0.2, 0) is 6.42 Å². The highest BCUT2D eigenvalue weighted by Gasteiger charge is 2.28. The Labute approximate surface area is 159 Å². The van der Waals surface area contributed by atoms with Gasteiger partial charge in [0.1, 0.15) is 28.4 Å². The topological polar surface area (TPSA) is 71.0 Å². The highest BCUT2D eigenvalue weighted by molar-refractivity contribution is 6.07. The van der Waals surface area contributed by atoms with Gasteiger partial charge in [-0.25, -0.2) is 0 Å². The van der Waals surface area contributed by atoms with E-state index in [0.717, 1.165) is 11.1 Å². The van der Waals surface area contributed by atoms with Gasteiger partial charge in [0, 0.05) is 23.4 Å². The van der Waals surface area contributed by atoms with Crippen molar-refractivity contribution in [2.45, 2.75) is 19.4 Å². The van der Waals surface area contributed by atoms with E-state index in [1.165, 1.54) is 0 Å². The fourth-order valence-electron chi connectivity index (χ4n) is 3.78. The van der Waals surface area contributed by atoms with E-state index in [1.807, 2.05) is 13.0 Å². The van der Waals surface area contributed by atoms with Crippen molar-refractivity contribution in [2.24, 2.45) is 0 Å². The monoisotopic (exact) mass is 378 g/mol. The summed E-state index contributed by atoms with van der Waals surface area (Å²) in [6, 6.07) is 6.98. The Morgan fingerprint density at radius 1 is 1.11 bits per heavy atom. The Morgan fingerprint density at radius 2 is 1.86 bits per heavy atom. The largest absolute Gasteiger partial charge is 0.493 e. The lowest BCUT2D eigenvalue weighted by atomic mass is 10.0. The van der Waals surface area contributed by atoms with Crippen LogP contribution < -0.4 is 19.6 Å². The molecule has 1 unspecified atom stereocenters. The van der Waals surface area contributed by atoms with E-state index in [4.69, 9.17) is 23.0 Å². The summed E-state index contributed by atoms with van der Waals surface area (Å²) in [6.45, 7) is 5.89. The minimum atomic E-state index is -0.149. The highest BCUT2D eigenvalue weighted by atomic mass is 16.5. The van der Waals surface area contributed by atoms with Crippen LogP contribution >= 0.6 is 0 Å². The summed E-state index contributed by atoms with van der Waals surface area (Å²) < 4.78 is 28.5. The first-order chi connectivity index (χ1) is 13.5. The molecular weight excluding hydrogens is 360 g/mol. The summed E-state index contributed by atoms with van der Waals surface area (Å²) >= 11 is 0. The molecule has 0 radical (unpaired) electrons. The lowest BCUT2D eigenvalue weighted by Gasteiger charge is -2.08. The third kappa shape index (κ3) is 2.17. The molecule has 1 aliphatic heterocycles. The van der Waals surface area contributed by atoms with Gasteiger partial charge in [0.25, 0.3) is 0 Å². The number of furan rings is 1. The molecule has 0 fully saturated rings. The van der Waals surface area contributed by atoms with Crippen LogP contribution in [0.5, 0.6) is 17.2 Å². The Kier molecular flexibility index (Phi) is 3.46. The van der Waals surface area contributed by atoms with E-state index in [-0.39, 0.29) is 17.3 Å². The van der Waals surface area contributed by atoms with E-state index >= 15 is 0 Å². The number of fused-ring (bicyclic) bond motifs is 6. The van der Waals surface area contributed by atoms with Crippen LogP contribution in [0.2, 0.25) is 0 Å². The van der Waals surface area contributed by atoms with Gasteiger partial charge in [0.05, 0.1) is 19.6 Å². The molecule has 0 aliphatic carbocycles. The first kappa shape index (κ1) is 16.7. The molecule has 4 aromatic rings. The summed E-state index contributed by atoms with van der Waals surface area (Å²) in [7, 11) is 3.09. The van der Waals surface area contributed by atoms with Crippen molar-refractivity contribution < 1.29 is 23.0 Å². The lowest BCUT2D eigenvalue weighted by Crippen LogP contribution is -2.13. The van der Waals surface area contributed by atoms with Crippen molar-refractivity contribution in [1.29, 1.82) is 0 Å². The van der Waals surface area contributed by atoms with Crippen molar-refractivity contribution >= 4 is 33.1 Å². The van der Waals surface area contributed by atoms with Crippen LogP contribution in [0.1, 0.15) is 12.5 Å². The van der Waals surface area contributed by atoms with Gasteiger partial charge in [0.2, 0.25) is 5.43 Å². The normalized spacial score (nSPS) is 15.8. The maximum absolute atomic E-state index is 13.3. The molecule has 0 N–H and O–H groups in total. The minimum Gasteiger partial charge on any atom is -0.493 e. The molecular formula is C22H18O6. The highest BCUT2D eigenvalue weighted by Crippen LogP contribution is 2.40. The Bertz CT molecular complexity index is 1340. The van der Waals surface area contributed by atoms with Gasteiger partial charge >= 0.3 is 5.78 Å². The van der Waals surface area contributed by atoms with E-state index < -0.39 is 0 Å². The third-order valence-corrected chi connectivity index (χ3v) is 5.25. The van der Waals surface area contributed by atoms with Crippen molar-refractivity contribution in [1.82, 2.24) is 0 Å². The number of rotatable bonds is 3. The standard InChI is InChI=1S/C22H18O6/c1-10(2)15-8-13-14(26-15)6-5-11-20(23)19-12-7-17(24-3)18(25-4)9-16(12)27-22(19)28-21(11)13/h5-7,9,15H,1,8H2,2-4H3. The summed E-state index contributed by atoms with van der Waals surface area (Å²) in [5, 5.41) is 1.51. The number of benzene rings is 2. The predicted octanol–water partition coefficient (Wildman–Crippen LogP) is 4.59. The van der Waals surface area contributed by atoms with E-state index in [0.29, 0.717) is 51.0 Å². The van der Waals surface area contributed by atoms with Gasteiger partial charge in [-0.3, -0.25) is 4.79 Å². The summed E-state index contributed by atoms with van der Waals surface area (Å²) in [5.74, 6) is 1.92. The molecule has 2 aromatic carbocycles. The van der Waals surface area contributed by atoms with Crippen LogP contribution in [0.4, 0.5) is 0 Å². The molecule has 1 aliphatic rings. The van der Waals surface area contributed by atoms with Gasteiger partial charge in [-0.1, -0.05) is 6.58 Å². The Balaban J connectivity index is 1.84. The quantitative estimate of drug-likeness (QED) is 0.486. The fraction of sp³-hybridized carbons (Fsp3) is 0.227. The van der Waals surface area contributed by atoms with Crippen molar-refractivity contribution in [2.75, 3.05) is 14.2 Å². The molecule has 142 valence electrons. The van der Waals surface area contributed by atoms with Crippen molar-refractivity contribution in [3.8, 4) is 17.2 Å². The number of hydrogen-bond acceptors (Lipinski definition) is 6. The minimum absolute atomic E-state index is 0.120. The molecule has 3 heterocycles. The van der Waals surface area contributed by atoms with Crippen LogP contribution in [0, 0.1) is 0 Å². The zero-order valence-corrected chi connectivity index (χ0v) is 15.8. The Morgan fingerprint density at radius 3 is 2.57 bits per heavy atom. The molecule has 0 saturated carbocycles. The molecule has 6 nitrogen and oxygen atoms in total. The molecule has 0 bridgehead atoms. The zero-order valence-electron chi connectivity index (χ0n) is 15.8. The van der Waals surface area contributed by atoms with Gasteiger partial charge in [-0.05, 0) is 30.7 Å². The third-order valence-electron chi connectivity index (χ3n) is 5.25. The lowest BCUT2D eigenvalue weighted by molar-refractivity contribution is 0.271. The Hall–Kier alpha value is -3.41. The molecule has 6 heteroatoms. The summed E-state index contributed by atoms with van der Waals surface area (Å²) in [6.07, 6.45) is 0.490. The van der Waals surface area contributed by atoms with E-state index in [9.17, 15) is 4.79 Å². The van der Waals surface area contributed by atoms with Crippen LogP contribution in [0.15, 0.2) is 50.0 Å². The molecule has 0 saturated heterocycles. The summed E-state index contributed by atoms with van der Waals surface area (Å²) in [5.41, 5.74) is 2.63. The second-order valence-corrected chi connectivity index (χ2v) is 6.97. The second-order valence-electron chi connectivity index (χ2n) is 6.97. The zero-order chi connectivity index (χ0) is 19.6.